The van der Waals surface area contributed by atoms with Crippen LogP contribution in [0.4, 0.5) is 15.8 Å². The molecule has 1 aromatic carbocycles. The summed E-state index contributed by atoms with van der Waals surface area (Å²) in [5, 5.41) is 3.10. The minimum absolute atomic E-state index is 0.219. The molecule has 1 aliphatic heterocycles. The van der Waals surface area contributed by atoms with E-state index in [1.807, 2.05) is 6.92 Å². The first kappa shape index (κ1) is 13.0. The highest BCUT2D eigenvalue weighted by molar-refractivity contribution is 5.62. The molecule has 0 radical (unpaired) electrons. The van der Waals surface area contributed by atoms with Crippen LogP contribution in [-0.2, 0) is 4.74 Å². The number of nitrogens with two attached hydrogens (primary N) is 1. The Morgan fingerprint density at radius 3 is 2.94 bits per heavy atom. The average molecular weight is 254 g/mol. The summed E-state index contributed by atoms with van der Waals surface area (Å²) < 4.78 is 24.3. The molecule has 4 nitrogen and oxygen atoms in total. The van der Waals surface area contributed by atoms with Gasteiger partial charge in [0.1, 0.15) is 11.6 Å². The largest absolute Gasteiger partial charge is 0.495 e. The van der Waals surface area contributed by atoms with Crippen LogP contribution in [0.5, 0.6) is 5.75 Å². The fourth-order valence-corrected chi connectivity index (χ4v) is 2.17. The SMILES string of the molecule is COc1cc(NCC2CCOC2C)c(F)cc1N. The number of hydrogen-bond donors (Lipinski definition) is 2. The summed E-state index contributed by atoms with van der Waals surface area (Å²) in [4.78, 5) is 0. The van der Waals surface area contributed by atoms with Crippen LogP contribution in [0.2, 0.25) is 0 Å². The van der Waals surface area contributed by atoms with Crippen molar-refractivity contribution in [3.63, 3.8) is 0 Å². The summed E-state index contributed by atoms with van der Waals surface area (Å²) in [6.45, 7) is 3.51. The molecule has 1 heterocycles. The van der Waals surface area contributed by atoms with Crippen LogP contribution >= 0.6 is 0 Å². The molecule has 1 saturated heterocycles. The molecule has 2 rings (SSSR count). The number of rotatable bonds is 4. The van der Waals surface area contributed by atoms with Gasteiger partial charge in [-0.05, 0) is 13.3 Å². The van der Waals surface area contributed by atoms with Gasteiger partial charge in [-0.1, -0.05) is 0 Å². The zero-order valence-corrected chi connectivity index (χ0v) is 10.7. The summed E-state index contributed by atoms with van der Waals surface area (Å²) >= 11 is 0. The molecule has 0 spiro atoms. The Labute approximate surface area is 106 Å². The van der Waals surface area contributed by atoms with Gasteiger partial charge in [-0.2, -0.15) is 0 Å². The smallest absolute Gasteiger partial charge is 0.148 e. The molecule has 0 bridgehead atoms. The van der Waals surface area contributed by atoms with Gasteiger partial charge in [0.05, 0.1) is 24.6 Å². The van der Waals surface area contributed by atoms with Crippen LogP contribution in [0.3, 0.4) is 0 Å². The van der Waals surface area contributed by atoms with Gasteiger partial charge in [-0.3, -0.25) is 0 Å². The molecule has 1 aliphatic rings. The van der Waals surface area contributed by atoms with E-state index in [0.29, 0.717) is 29.6 Å². The van der Waals surface area contributed by atoms with Crippen LogP contribution in [-0.4, -0.2) is 26.4 Å². The van der Waals surface area contributed by atoms with E-state index in [1.165, 1.54) is 13.2 Å². The predicted molar refractivity (Wildman–Crippen MR) is 69.4 cm³/mol. The molecule has 2 unspecified atom stereocenters. The summed E-state index contributed by atoms with van der Waals surface area (Å²) in [6, 6.07) is 2.86. The van der Waals surface area contributed by atoms with Gasteiger partial charge in [-0.15, -0.1) is 0 Å². The first-order valence-electron chi connectivity index (χ1n) is 6.10. The number of hydrogen-bond acceptors (Lipinski definition) is 4. The lowest BCUT2D eigenvalue weighted by Gasteiger charge is -2.17. The number of methoxy groups -OCH3 is 1. The molecule has 1 aromatic rings. The van der Waals surface area contributed by atoms with Gasteiger partial charge in [-0.25, -0.2) is 4.39 Å². The van der Waals surface area contributed by atoms with Crippen molar-refractivity contribution < 1.29 is 13.9 Å². The maximum atomic E-state index is 13.7. The second-order valence-electron chi connectivity index (χ2n) is 4.58. The van der Waals surface area contributed by atoms with E-state index in [-0.39, 0.29) is 11.9 Å². The Morgan fingerprint density at radius 1 is 1.56 bits per heavy atom. The van der Waals surface area contributed by atoms with Gasteiger partial charge < -0.3 is 20.5 Å². The summed E-state index contributed by atoms with van der Waals surface area (Å²) in [5.74, 6) is 0.530. The highest BCUT2D eigenvalue weighted by Crippen LogP contribution is 2.29. The van der Waals surface area contributed by atoms with E-state index in [9.17, 15) is 4.39 Å². The second-order valence-corrected chi connectivity index (χ2v) is 4.58. The summed E-state index contributed by atoms with van der Waals surface area (Å²) in [6.07, 6.45) is 1.22. The first-order chi connectivity index (χ1) is 8.61. The molecule has 3 N–H and O–H groups in total. The maximum Gasteiger partial charge on any atom is 0.148 e. The van der Waals surface area contributed by atoms with Crippen molar-refractivity contribution in [2.75, 3.05) is 31.3 Å². The molecule has 5 heteroatoms. The van der Waals surface area contributed by atoms with Crippen molar-refractivity contribution in [1.82, 2.24) is 0 Å². The zero-order chi connectivity index (χ0) is 13.1. The molecule has 0 saturated carbocycles. The van der Waals surface area contributed by atoms with Crippen LogP contribution < -0.4 is 15.8 Å². The lowest BCUT2D eigenvalue weighted by atomic mass is 10.0. The van der Waals surface area contributed by atoms with Crippen molar-refractivity contribution in [3.8, 4) is 5.75 Å². The normalized spacial score (nSPS) is 23.1. The van der Waals surface area contributed by atoms with Crippen molar-refractivity contribution >= 4 is 11.4 Å². The van der Waals surface area contributed by atoms with E-state index >= 15 is 0 Å². The minimum atomic E-state index is -0.361. The minimum Gasteiger partial charge on any atom is -0.495 e. The van der Waals surface area contributed by atoms with Crippen molar-refractivity contribution in [1.29, 1.82) is 0 Å². The Morgan fingerprint density at radius 2 is 2.33 bits per heavy atom. The van der Waals surface area contributed by atoms with E-state index < -0.39 is 0 Å². The maximum absolute atomic E-state index is 13.7. The quantitative estimate of drug-likeness (QED) is 0.809. The fraction of sp³-hybridized carbons (Fsp3) is 0.538. The average Bonchev–Trinajstić information content (AvgIpc) is 2.74. The molecule has 0 amide bonds. The van der Waals surface area contributed by atoms with Crippen LogP contribution in [0.25, 0.3) is 0 Å². The van der Waals surface area contributed by atoms with E-state index in [1.54, 1.807) is 6.07 Å². The molecule has 0 aromatic heterocycles. The third-order valence-corrected chi connectivity index (χ3v) is 3.41. The highest BCUT2D eigenvalue weighted by atomic mass is 19.1. The zero-order valence-electron chi connectivity index (χ0n) is 10.7. The van der Waals surface area contributed by atoms with Crippen LogP contribution in [0.15, 0.2) is 12.1 Å². The summed E-state index contributed by atoms with van der Waals surface area (Å²) in [7, 11) is 1.51. The molecule has 2 atom stereocenters. The Kier molecular flexibility index (Phi) is 3.91. The lowest BCUT2D eigenvalue weighted by molar-refractivity contribution is 0.108. The third kappa shape index (κ3) is 2.67. The number of anilines is 2. The first-order valence-corrected chi connectivity index (χ1v) is 6.10. The number of ether oxygens (including phenoxy) is 2. The van der Waals surface area contributed by atoms with E-state index in [4.69, 9.17) is 15.2 Å². The Balaban J connectivity index is 2.04. The molecule has 18 heavy (non-hydrogen) atoms. The number of benzene rings is 1. The fourth-order valence-electron chi connectivity index (χ4n) is 2.17. The standard InChI is InChI=1S/C13H19FN2O2/c1-8-9(3-4-18-8)7-16-12-6-13(17-2)11(15)5-10(12)14/h5-6,8-9,16H,3-4,7,15H2,1-2H3. The monoisotopic (exact) mass is 254 g/mol. The predicted octanol–water partition coefficient (Wildman–Crippen LogP) is 2.25. The molecule has 0 aliphatic carbocycles. The molecule has 100 valence electrons. The third-order valence-electron chi connectivity index (χ3n) is 3.41. The van der Waals surface area contributed by atoms with Crippen molar-refractivity contribution in [2.24, 2.45) is 5.92 Å². The Hall–Kier alpha value is -1.49. The van der Waals surface area contributed by atoms with Crippen molar-refractivity contribution in [2.45, 2.75) is 19.4 Å². The molecule has 1 fully saturated rings. The van der Waals surface area contributed by atoms with Crippen LogP contribution in [0.1, 0.15) is 13.3 Å². The van der Waals surface area contributed by atoms with Gasteiger partial charge in [0.25, 0.3) is 0 Å². The number of nitrogen functional groups attached to an aromatic ring is 1. The van der Waals surface area contributed by atoms with E-state index in [0.717, 1.165) is 13.0 Å². The number of halogens is 1. The molecular weight excluding hydrogens is 235 g/mol. The van der Waals surface area contributed by atoms with E-state index in [2.05, 4.69) is 5.32 Å². The highest BCUT2D eigenvalue weighted by Gasteiger charge is 2.24. The summed E-state index contributed by atoms with van der Waals surface area (Å²) in [5.41, 5.74) is 6.35. The topological polar surface area (TPSA) is 56.5 Å². The van der Waals surface area contributed by atoms with Crippen molar-refractivity contribution in [3.05, 3.63) is 17.9 Å². The Bertz CT molecular complexity index is 426. The number of nitrogens with one attached hydrogen (secondary N) is 1. The van der Waals surface area contributed by atoms with Crippen LogP contribution in [0, 0.1) is 11.7 Å². The lowest BCUT2D eigenvalue weighted by Crippen LogP contribution is -2.21. The van der Waals surface area contributed by atoms with Gasteiger partial charge in [0, 0.05) is 31.2 Å². The molecular formula is C13H19FN2O2. The second kappa shape index (κ2) is 5.44. The van der Waals surface area contributed by atoms with Gasteiger partial charge >= 0.3 is 0 Å². The van der Waals surface area contributed by atoms with Gasteiger partial charge in [0.15, 0.2) is 0 Å². The van der Waals surface area contributed by atoms with Gasteiger partial charge in [0.2, 0.25) is 0 Å².